The molecule has 1 aromatic rings. The molecule has 1 saturated carbocycles. The standard InChI is InChI=1S/C21H31N3O5S/c1-15(20(25)23-17-7-3-4-8-17)22-21(26)16-6-5-13-24(14-16)30(27,28)19-11-9-18(29-2)10-12-19/h9-12,15-17H,3-8,13-14H2,1-2H3,(H,22,26)(H,23,25)/t15-,16-/m0/s1. The fraction of sp³-hybridized carbons (Fsp3) is 0.619. The van der Waals surface area contributed by atoms with Crippen LogP contribution in [0, 0.1) is 5.92 Å². The molecule has 30 heavy (non-hydrogen) atoms. The SMILES string of the molecule is COc1ccc(S(=O)(=O)N2CCC[C@H](C(=O)N[C@@H](C)C(=O)NC3CCCC3)C2)cc1. The van der Waals surface area contributed by atoms with Crippen LogP contribution < -0.4 is 15.4 Å². The maximum absolute atomic E-state index is 13.0. The highest BCUT2D eigenvalue weighted by atomic mass is 32.2. The molecule has 1 saturated heterocycles. The minimum atomic E-state index is -3.70. The van der Waals surface area contributed by atoms with Crippen molar-refractivity contribution in [1.82, 2.24) is 14.9 Å². The van der Waals surface area contributed by atoms with Crippen LogP contribution in [0.1, 0.15) is 45.4 Å². The zero-order chi connectivity index (χ0) is 21.7. The molecule has 2 atom stereocenters. The van der Waals surface area contributed by atoms with Gasteiger partial charge in [0.15, 0.2) is 0 Å². The Bertz CT molecular complexity index is 850. The van der Waals surface area contributed by atoms with Crippen LogP contribution in [-0.4, -0.2) is 56.8 Å². The molecule has 1 heterocycles. The van der Waals surface area contributed by atoms with Crippen molar-refractivity contribution in [3.63, 3.8) is 0 Å². The molecule has 0 bridgehead atoms. The van der Waals surface area contributed by atoms with Gasteiger partial charge in [-0.2, -0.15) is 4.31 Å². The number of nitrogens with zero attached hydrogens (tertiary/aromatic N) is 1. The molecule has 1 aliphatic heterocycles. The molecule has 9 heteroatoms. The first-order chi connectivity index (χ1) is 14.3. The van der Waals surface area contributed by atoms with Gasteiger partial charge in [0.1, 0.15) is 11.8 Å². The normalized spacial score (nSPS) is 21.7. The zero-order valence-corrected chi connectivity index (χ0v) is 18.4. The van der Waals surface area contributed by atoms with Crippen molar-refractivity contribution in [2.24, 2.45) is 5.92 Å². The highest BCUT2D eigenvalue weighted by Crippen LogP contribution is 2.25. The first kappa shape index (κ1) is 22.6. The number of sulfonamides is 1. The summed E-state index contributed by atoms with van der Waals surface area (Å²) >= 11 is 0. The first-order valence-electron chi connectivity index (χ1n) is 10.6. The van der Waals surface area contributed by atoms with Crippen molar-refractivity contribution in [3.8, 4) is 5.75 Å². The largest absolute Gasteiger partial charge is 0.497 e. The van der Waals surface area contributed by atoms with Crippen LogP contribution in [0.15, 0.2) is 29.2 Å². The highest BCUT2D eigenvalue weighted by molar-refractivity contribution is 7.89. The summed E-state index contributed by atoms with van der Waals surface area (Å²) in [4.78, 5) is 25.2. The predicted molar refractivity (Wildman–Crippen MR) is 112 cm³/mol. The smallest absolute Gasteiger partial charge is 0.243 e. The van der Waals surface area contributed by atoms with E-state index in [0.717, 1.165) is 25.7 Å². The van der Waals surface area contributed by atoms with Gasteiger partial charge in [0.25, 0.3) is 0 Å². The second-order valence-corrected chi connectivity index (χ2v) is 10.0. The molecule has 0 aromatic heterocycles. The van der Waals surface area contributed by atoms with Crippen LogP contribution >= 0.6 is 0 Å². The van der Waals surface area contributed by atoms with Gasteiger partial charge >= 0.3 is 0 Å². The monoisotopic (exact) mass is 437 g/mol. The molecular weight excluding hydrogens is 406 g/mol. The third-order valence-electron chi connectivity index (χ3n) is 5.91. The summed E-state index contributed by atoms with van der Waals surface area (Å²) in [6, 6.07) is 5.76. The van der Waals surface area contributed by atoms with Crippen LogP contribution in [0.5, 0.6) is 5.75 Å². The van der Waals surface area contributed by atoms with E-state index in [-0.39, 0.29) is 29.3 Å². The van der Waals surface area contributed by atoms with Crippen LogP contribution in [0.25, 0.3) is 0 Å². The molecule has 2 amide bonds. The number of carbonyl (C=O) groups is 2. The number of piperidine rings is 1. The van der Waals surface area contributed by atoms with Crippen LogP contribution in [0.2, 0.25) is 0 Å². The molecular formula is C21H31N3O5S. The number of methoxy groups -OCH3 is 1. The highest BCUT2D eigenvalue weighted by Gasteiger charge is 2.34. The maximum atomic E-state index is 13.0. The molecule has 166 valence electrons. The van der Waals surface area contributed by atoms with E-state index >= 15 is 0 Å². The van der Waals surface area contributed by atoms with E-state index < -0.39 is 22.0 Å². The van der Waals surface area contributed by atoms with Crippen LogP contribution in [0.3, 0.4) is 0 Å². The number of benzene rings is 1. The van der Waals surface area contributed by atoms with Crippen LogP contribution in [-0.2, 0) is 19.6 Å². The molecule has 2 N–H and O–H groups in total. The van der Waals surface area contributed by atoms with E-state index in [4.69, 9.17) is 4.74 Å². The summed E-state index contributed by atoms with van der Waals surface area (Å²) in [5, 5.41) is 5.74. The second kappa shape index (κ2) is 9.78. The van der Waals surface area contributed by atoms with Gasteiger partial charge in [-0.15, -0.1) is 0 Å². The van der Waals surface area contributed by atoms with Crippen LogP contribution in [0.4, 0.5) is 0 Å². The lowest BCUT2D eigenvalue weighted by Crippen LogP contribution is -2.51. The first-order valence-corrected chi connectivity index (χ1v) is 12.0. The molecule has 2 fully saturated rings. The van der Waals surface area contributed by atoms with E-state index in [0.29, 0.717) is 25.1 Å². The van der Waals surface area contributed by atoms with E-state index in [2.05, 4.69) is 10.6 Å². The number of nitrogens with one attached hydrogen (secondary N) is 2. The Labute approximate surface area is 178 Å². The molecule has 0 spiro atoms. The third-order valence-corrected chi connectivity index (χ3v) is 7.79. The van der Waals surface area contributed by atoms with Crippen molar-refractivity contribution in [1.29, 1.82) is 0 Å². The number of carbonyl (C=O) groups excluding carboxylic acids is 2. The summed E-state index contributed by atoms with van der Waals surface area (Å²) < 4.78 is 32.4. The topological polar surface area (TPSA) is 105 Å². The summed E-state index contributed by atoms with van der Waals surface area (Å²) in [5.41, 5.74) is 0. The molecule has 1 aromatic carbocycles. The molecule has 2 aliphatic rings. The Kier molecular flexibility index (Phi) is 7.36. The Balaban J connectivity index is 1.58. The van der Waals surface area contributed by atoms with Crippen molar-refractivity contribution in [2.75, 3.05) is 20.2 Å². The predicted octanol–water partition coefficient (Wildman–Crippen LogP) is 1.66. The molecule has 3 rings (SSSR count). The third kappa shape index (κ3) is 5.31. The van der Waals surface area contributed by atoms with E-state index in [9.17, 15) is 18.0 Å². The van der Waals surface area contributed by atoms with Gasteiger partial charge in [0.05, 0.1) is 17.9 Å². The van der Waals surface area contributed by atoms with Gasteiger partial charge < -0.3 is 15.4 Å². The summed E-state index contributed by atoms with van der Waals surface area (Å²) in [6.45, 7) is 2.14. The van der Waals surface area contributed by atoms with Gasteiger partial charge in [-0.3, -0.25) is 9.59 Å². The fourth-order valence-electron chi connectivity index (χ4n) is 4.06. The van der Waals surface area contributed by atoms with Gasteiger partial charge in [-0.1, -0.05) is 12.8 Å². The number of hydrogen-bond acceptors (Lipinski definition) is 5. The van der Waals surface area contributed by atoms with Gasteiger partial charge in [-0.05, 0) is 56.9 Å². The Morgan fingerprint density at radius 2 is 1.77 bits per heavy atom. The Hall–Kier alpha value is -2.13. The minimum absolute atomic E-state index is 0.108. The van der Waals surface area contributed by atoms with E-state index in [1.165, 1.54) is 23.5 Å². The number of amides is 2. The fourth-order valence-corrected chi connectivity index (χ4v) is 5.59. The van der Waals surface area contributed by atoms with Gasteiger partial charge in [0.2, 0.25) is 21.8 Å². The number of hydrogen-bond donors (Lipinski definition) is 2. The molecule has 0 unspecified atom stereocenters. The lowest BCUT2D eigenvalue weighted by Gasteiger charge is -2.31. The number of rotatable bonds is 7. The van der Waals surface area contributed by atoms with E-state index in [1.54, 1.807) is 19.1 Å². The molecule has 8 nitrogen and oxygen atoms in total. The quantitative estimate of drug-likeness (QED) is 0.675. The second-order valence-electron chi connectivity index (χ2n) is 8.10. The van der Waals surface area contributed by atoms with Crippen molar-refractivity contribution < 1.29 is 22.7 Å². The lowest BCUT2D eigenvalue weighted by atomic mass is 9.98. The average Bonchev–Trinajstić information content (AvgIpc) is 3.26. The summed E-state index contributed by atoms with van der Waals surface area (Å²) in [7, 11) is -2.18. The summed E-state index contributed by atoms with van der Waals surface area (Å²) in [5.74, 6) is -0.365. The number of ether oxygens (including phenoxy) is 1. The lowest BCUT2D eigenvalue weighted by molar-refractivity contribution is -0.131. The Morgan fingerprint density at radius 3 is 2.40 bits per heavy atom. The minimum Gasteiger partial charge on any atom is -0.497 e. The van der Waals surface area contributed by atoms with Crippen molar-refractivity contribution >= 4 is 21.8 Å². The van der Waals surface area contributed by atoms with E-state index in [1.807, 2.05) is 0 Å². The Morgan fingerprint density at radius 1 is 1.10 bits per heavy atom. The maximum Gasteiger partial charge on any atom is 0.243 e. The van der Waals surface area contributed by atoms with Crippen molar-refractivity contribution in [3.05, 3.63) is 24.3 Å². The van der Waals surface area contributed by atoms with Crippen molar-refractivity contribution in [2.45, 2.75) is 62.4 Å². The van der Waals surface area contributed by atoms with Gasteiger partial charge in [-0.25, -0.2) is 8.42 Å². The average molecular weight is 438 g/mol. The van der Waals surface area contributed by atoms with Gasteiger partial charge in [0, 0.05) is 19.1 Å². The molecule has 0 radical (unpaired) electrons. The zero-order valence-electron chi connectivity index (χ0n) is 17.6. The summed E-state index contributed by atoms with van der Waals surface area (Å²) in [6.07, 6.45) is 5.38. The molecule has 1 aliphatic carbocycles.